The van der Waals surface area contributed by atoms with Crippen LogP contribution >= 0.6 is 0 Å². The zero-order valence-corrected chi connectivity index (χ0v) is 10.9. The molecule has 1 aromatic heterocycles. The topological polar surface area (TPSA) is 76.6 Å². The summed E-state index contributed by atoms with van der Waals surface area (Å²) < 4.78 is 0. The lowest BCUT2D eigenvalue weighted by Gasteiger charge is -2.20. The van der Waals surface area contributed by atoms with E-state index < -0.39 is 0 Å². The molecule has 0 aliphatic heterocycles. The van der Waals surface area contributed by atoms with E-state index in [9.17, 15) is 4.79 Å². The van der Waals surface area contributed by atoms with E-state index in [1.807, 2.05) is 31.2 Å². The molecule has 0 radical (unpaired) electrons. The Bertz CT molecular complexity index is 571. The number of aliphatic hydroxyl groups excluding tert-OH is 2. The number of rotatable bonds is 5. The number of benzene rings is 1. The summed E-state index contributed by atoms with van der Waals surface area (Å²) in [5.74, 6) is -0.168. The number of aromatic amines is 1. The van der Waals surface area contributed by atoms with Gasteiger partial charge < -0.3 is 20.1 Å². The Labute approximate surface area is 111 Å². The first-order valence-electron chi connectivity index (χ1n) is 6.27. The Balaban J connectivity index is 2.42. The summed E-state index contributed by atoms with van der Waals surface area (Å²) in [4.78, 5) is 17.1. The van der Waals surface area contributed by atoms with Crippen LogP contribution in [0.5, 0.6) is 0 Å². The maximum Gasteiger partial charge on any atom is 0.256 e. The molecule has 0 spiro atoms. The molecule has 1 amide bonds. The average molecular weight is 262 g/mol. The predicted molar refractivity (Wildman–Crippen MR) is 73.1 cm³/mol. The molecule has 0 atom stereocenters. The Morgan fingerprint density at radius 2 is 1.84 bits per heavy atom. The minimum Gasteiger partial charge on any atom is -0.395 e. The van der Waals surface area contributed by atoms with Crippen molar-refractivity contribution in [3.8, 4) is 0 Å². The van der Waals surface area contributed by atoms with Gasteiger partial charge in [0.05, 0.1) is 18.8 Å². The number of carbonyl (C=O) groups excluding carboxylic acids is 1. The second-order valence-electron chi connectivity index (χ2n) is 4.41. The highest BCUT2D eigenvalue weighted by atomic mass is 16.3. The van der Waals surface area contributed by atoms with Gasteiger partial charge in [-0.1, -0.05) is 18.2 Å². The SMILES string of the molecule is Cc1[nH]c2ccccc2c1C(=O)N(CCO)CCO. The number of aromatic nitrogens is 1. The van der Waals surface area contributed by atoms with Crippen molar-refractivity contribution in [2.24, 2.45) is 0 Å². The fourth-order valence-corrected chi connectivity index (χ4v) is 2.27. The molecule has 0 unspecified atom stereocenters. The van der Waals surface area contributed by atoms with Gasteiger partial charge in [-0.3, -0.25) is 4.79 Å². The van der Waals surface area contributed by atoms with Crippen molar-refractivity contribution in [1.82, 2.24) is 9.88 Å². The van der Waals surface area contributed by atoms with Gasteiger partial charge in [0.25, 0.3) is 5.91 Å². The molecular weight excluding hydrogens is 244 g/mol. The van der Waals surface area contributed by atoms with Crippen molar-refractivity contribution in [2.45, 2.75) is 6.92 Å². The highest BCUT2D eigenvalue weighted by Crippen LogP contribution is 2.23. The minimum atomic E-state index is -0.168. The van der Waals surface area contributed by atoms with E-state index in [2.05, 4.69) is 4.98 Å². The van der Waals surface area contributed by atoms with E-state index in [0.29, 0.717) is 5.56 Å². The summed E-state index contributed by atoms with van der Waals surface area (Å²) >= 11 is 0. The first kappa shape index (κ1) is 13.6. The molecule has 2 rings (SSSR count). The third kappa shape index (κ3) is 2.62. The standard InChI is InChI=1S/C14H18N2O3/c1-10-13(11-4-2-3-5-12(11)15-10)14(19)16(6-8-17)7-9-18/h2-5,15,17-18H,6-9H2,1H3. The summed E-state index contributed by atoms with van der Waals surface area (Å²) in [5.41, 5.74) is 2.32. The fourth-order valence-electron chi connectivity index (χ4n) is 2.27. The number of nitrogens with one attached hydrogen (secondary N) is 1. The number of para-hydroxylation sites is 1. The molecule has 5 nitrogen and oxygen atoms in total. The second-order valence-corrected chi connectivity index (χ2v) is 4.41. The lowest BCUT2D eigenvalue weighted by atomic mass is 10.1. The van der Waals surface area contributed by atoms with Gasteiger partial charge in [0.1, 0.15) is 0 Å². The van der Waals surface area contributed by atoms with Gasteiger partial charge in [0.15, 0.2) is 0 Å². The Hall–Kier alpha value is -1.85. The van der Waals surface area contributed by atoms with E-state index in [4.69, 9.17) is 10.2 Å². The number of H-pyrrole nitrogens is 1. The van der Waals surface area contributed by atoms with Crippen LogP contribution in [-0.4, -0.2) is 52.3 Å². The van der Waals surface area contributed by atoms with Crippen LogP contribution in [0.2, 0.25) is 0 Å². The third-order valence-electron chi connectivity index (χ3n) is 3.13. The van der Waals surface area contributed by atoms with E-state index in [1.165, 1.54) is 4.90 Å². The van der Waals surface area contributed by atoms with Gasteiger partial charge >= 0.3 is 0 Å². The van der Waals surface area contributed by atoms with Crippen LogP contribution in [0.4, 0.5) is 0 Å². The van der Waals surface area contributed by atoms with E-state index >= 15 is 0 Å². The van der Waals surface area contributed by atoms with Gasteiger partial charge in [0.2, 0.25) is 0 Å². The van der Waals surface area contributed by atoms with E-state index in [1.54, 1.807) is 0 Å². The molecule has 0 aliphatic rings. The molecule has 1 heterocycles. The molecule has 0 bridgehead atoms. The summed E-state index contributed by atoms with van der Waals surface area (Å²) in [6.07, 6.45) is 0. The first-order chi connectivity index (χ1) is 9.19. The van der Waals surface area contributed by atoms with Crippen LogP contribution in [0.15, 0.2) is 24.3 Å². The molecule has 2 aromatic rings. The van der Waals surface area contributed by atoms with Gasteiger partial charge in [-0.15, -0.1) is 0 Å². The highest BCUT2D eigenvalue weighted by Gasteiger charge is 2.21. The van der Waals surface area contributed by atoms with Gasteiger partial charge in [-0.25, -0.2) is 0 Å². The van der Waals surface area contributed by atoms with Crippen molar-refractivity contribution < 1.29 is 15.0 Å². The molecule has 1 aromatic carbocycles. The number of hydrogen-bond acceptors (Lipinski definition) is 3. The maximum absolute atomic E-state index is 12.5. The lowest BCUT2D eigenvalue weighted by molar-refractivity contribution is 0.0686. The fraction of sp³-hybridized carbons (Fsp3) is 0.357. The third-order valence-corrected chi connectivity index (χ3v) is 3.13. The Morgan fingerprint density at radius 3 is 2.47 bits per heavy atom. The van der Waals surface area contributed by atoms with E-state index in [0.717, 1.165) is 16.6 Å². The largest absolute Gasteiger partial charge is 0.395 e. The highest BCUT2D eigenvalue weighted by molar-refractivity contribution is 6.08. The molecular formula is C14H18N2O3. The van der Waals surface area contributed by atoms with Crippen LogP contribution in [0.3, 0.4) is 0 Å². The van der Waals surface area contributed by atoms with Crippen LogP contribution in [0.1, 0.15) is 16.1 Å². The number of hydrogen-bond donors (Lipinski definition) is 3. The van der Waals surface area contributed by atoms with Gasteiger partial charge in [0, 0.05) is 29.7 Å². The van der Waals surface area contributed by atoms with Crippen molar-refractivity contribution in [1.29, 1.82) is 0 Å². The number of aryl methyl sites for hydroxylation is 1. The smallest absolute Gasteiger partial charge is 0.256 e. The number of aliphatic hydroxyl groups is 2. The molecule has 0 fully saturated rings. The number of carbonyl (C=O) groups is 1. The maximum atomic E-state index is 12.5. The van der Waals surface area contributed by atoms with Crippen molar-refractivity contribution in [2.75, 3.05) is 26.3 Å². The Morgan fingerprint density at radius 1 is 1.21 bits per heavy atom. The number of nitrogens with zero attached hydrogens (tertiary/aromatic N) is 1. The minimum absolute atomic E-state index is 0.118. The molecule has 0 aliphatic carbocycles. The van der Waals surface area contributed by atoms with Gasteiger partial charge in [-0.2, -0.15) is 0 Å². The summed E-state index contributed by atoms with van der Waals surface area (Å²) in [6.45, 7) is 2.06. The second kappa shape index (κ2) is 5.86. The quantitative estimate of drug-likeness (QED) is 0.749. The van der Waals surface area contributed by atoms with Gasteiger partial charge in [-0.05, 0) is 13.0 Å². The van der Waals surface area contributed by atoms with Crippen molar-refractivity contribution in [3.63, 3.8) is 0 Å². The zero-order chi connectivity index (χ0) is 13.8. The summed E-state index contributed by atoms with van der Waals surface area (Å²) in [5, 5.41) is 18.9. The first-order valence-corrected chi connectivity index (χ1v) is 6.27. The van der Waals surface area contributed by atoms with Crippen LogP contribution < -0.4 is 0 Å². The Kier molecular flexibility index (Phi) is 4.19. The molecule has 102 valence electrons. The predicted octanol–water partition coefficient (Wildman–Crippen LogP) is 0.903. The molecule has 19 heavy (non-hydrogen) atoms. The van der Waals surface area contributed by atoms with Crippen LogP contribution in [0.25, 0.3) is 10.9 Å². The monoisotopic (exact) mass is 262 g/mol. The van der Waals surface area contributed by atoms with Crippen molar-refractivity contribution >= 4 is 16.8 Å². The summed E-state index contributed by atoms with van der Waals surface area (Å²) in [6, 6.07) is 7.60. The van der Waals surface area contributed by atoms with Crippen molar-refractivity contribution in [3.05, 3.63) is 35.5 Å². The zero-order valence-electron chi connectivity index (χ0n) is 10.9. The molecule has 5 heteroatoms. The van der Waals surface area contributed by atoms with Crippen LogP contribution in [0, 0.1) is 6.92 Å². The average Bonchev–Trinajstić information content (AvgIpc) is 2.73. The number of fused-ring (bicyclic) bond motifs is 1. The summed E-state index contributed by atoms with van der Waals surface area (Å²) in [7, 11) is 0. The normalized spacial score (nSPS) is 10.9. The van der Waals surface area contributed by atoms with Crippen LogP contribution in [-0.2, 0) is 0 Å². The van der Waals surface area contributed by atoms with E-state index in [-0.39, 0.29) is 32.2 Å². The number of amides is 1. The lowest BCUT2D eigenvalue weighted by Crippen LogP contribution is -2.36. The molecule has 3 N–H and O–H groups in total. The molecule has 0 saturated carbocycles. The molecule has 0 saturated heterocycles.